The fourth-order valence-corrected chi connectivity index (χ4v) is 1.75. The zero-order valence-corrected chi connectivity index (χ0v) is 10.6. The first-order valence-electron chi connectivity index (χ1n) is 4.79. The number of rotatable bonds is 5. The quantitative estimate of drug-likeness (QED) is 0.799. The lowest BCUT2D eigenvalue weighted by atomic mass is 10.2. The van der Waals surface area contributed by atoms with Gasteiger partial charge in [0, 0.05) is 5.69 Å². The van der Waals surface area contributed by atoms with Crippen LogP contribution in [0.25, 0.3) is 0 Å². The monoisotopic (exact) mass is 305 g/mol. The van der Waals surface area contributed by atoms with Crippen LogP contribution in [0.15, 0.2) is 12.1 Å². The largest absolute Gasteiger partial charge is 0.432 e. The lowest BCUT2D eigenvalue weighted by Gasteiger charge is -2.16. The minimum atomic E-state index is -3.07. The third-order valence-electron chi connectivity index (χ3n) is 1.98. The number of anilines is 1. The van der Waals surface area contributed by atoms with E-state index in [4.69, 9.17) is 23.2 Å². The SMILES string of the molecule is CC(Nc1cc(Cl)c(OC(F)F)c(Cl)c1)C(F)F. The van der Waals surface area contributed by atoms with E-state index >= 15 is 0 Å². The Hall–Kier alpha value is -0.880. The highest BCUT2D eigenvalue weighted by molar-refractivity contribution is 6.37. The normalized spacial score (nSPS) is 12.9. The molecule has 1 aromatic carbocycles. The zero-order valence-electron chi connectivity index (χ0n) is 9.06. The Labute approximate surface area is 111 Å². The van der Waals surface area contributed by atoms with Crippen molar-refractivity contribution in [2.24, 2.45) is 0 Å². The predicted molar refractivity (Wildman–Crippen MR) is 62.2 cm³/mol. The summed E-state index contributed by atoms with van der Waals surface area (Å²) in [5.74, 6) is -0.386. The third-order valence-corrected chi connectivity index (χ3v) is 2.54. The second kappa shape index (κ2) is 6.33. The summed E-state index contributed by atoms with van der Waals surface area (Å²) < 4.78 is 52.8. The van der Waals surface area contributed by atoms with Gasteiger partial charge in [0.15, 0.2) is 5.75 Å². The summed E-state index contributed by atoms with van der Waals surface area (Å²) >= 11 is 11.3. The first kappa shape index (κ1) is 15.2. The van der Waals surface area contributed by atoms with Crippen molar-refractivity contribution in [1.29, 1.82) is 0 Å². The molecule has 2 nitrogen and oxygen atoms in total. The van der Waals surface area contributed by atoms with Crippen LogP contribution in [-0.2, 0) is 0 Å². The molecule has 0 saturated carbocycles. The molecular formula is C10H9Cl2F4NO. The van der Waals surface area contributed by atoms with Crippen LogP contribution in [0.4, 0.5) is 23.2 Å². The van der Waals surface area contributed by atoms with Gasteiger partial charge in [-0.05, 0) is 19.1 Å². The number of nitrogens with one attached hydrogen (secondary N) is 1. The molecule has 1 atom stereocenters. The van der Waals surface area contributed by atoms with Crippen molar-refractivity contribution in [3.05, 3.63) is 22.2 Å². The summed E-state index contributed by atoms with van der Waals surface area (Å²) in [7, 11) is 0. The van der Waals surface area contributed by atoms with E-state index in [-0.39, 0.29) is 21.5 Å². The Morgan fingerprint density at radius 2 is 1.61 bits per heavy atom. The first-order chi connectivity index (χ1) is 8.31. The van der Waals surface area contributed by atoms with Crippen LogP contribution in [0, 0.1) is 0 Å². The van der Waals surface area contributed by atoms with Crippen LogP contribution in [-0.4, -0.2) is 19.1 Å². The fourth-order valence-electron chi connectivity index (χ4n) is 1.17. The molecule has 1 N–H and O–H groups in total. The van der Waals surface area contributed by atoms with E-state index in [0.717, 1.165) is 0 Å². The molecule has 0 aliphatic carbocycles. The van der Waals surface area contributed by atoms with E-state index in [1.165, 1.54) is 19.1 Å². The predicted octanol–water partition coefficient (Wildman–Crippen LogP) is 4.66. The zero-order chi connectivity index (χ0) is 13.9. The molecule has 18 heavy (non-hydrogen) atoms. The minimum absolute atomic E-state index is 0.188. The van der Waals surface area contributed by atoms with E-state index < -0.39 is 19.1 Å². The van der Waals surface area contributed by atoms with E-state index in [9.17, 15) is 17.6 Å². The number of alkyl halides is 4. The van der Waals surface area contributed by atoms with E-state index in [2.05, 4.69) is 10.1 Å². The average molecular weight is 306 g/mol. The Bertz CT molecular complexity index is 394. The molecule has 8 heteroatoms. The highest BCUT2D eigenvalue weighted by atomic mass is 35.5. The van der Waals surface area contributed by atoms with Gasteiger partial charge in [-0.1, -0.05) is 23.2 Å². The topological polar surface area (TPSA) is 21.3 Å². The van der Waals surface area contributed by atoms with Gasteiger partial charge in [-0.2, -0.15) is 8.78 Å². The van der Waals surface area contributed by atoms with Crippen molar-refractivity contribution in [2.75, 3.05) is 5.32 Å². The van der Waals surface area contributed by atoms with E-state index in [1.54, 1.807) is 0 Å². The number of halogens is 6. The molecule has 102 valence electrons. The second-order valence-electron chi connectivity index (χ2n) is 3.41. The van der Waals surface area contributed by atoms with Gasteiger partial charge < -0.3 is 10.1 Å². The molecule has 0 bridgehead atoms. The van der Waals surface area contributed by atoms with Crippen LogP contribution in [0.1, 0.15) is 6.92 Å². The van der Waals surface area contributed by atoms with Gasteiger partial charge in [-0.15, -0.1) is 0 Å². The number of hydrogen-bond acceptors (Lipinski definition) is 2. The van der Waals surface area contributed by atoms with Crippen molar-refractivity contribution in [3.63, 3.8) is 0 Å². The molecule has 0 aliphatic rings. The fraction of sp³-hybridized carbons (Fsp3) is 0.400. The minimum Gasteiger partial charge on any atom is -0.432 e. The van der Waals surface area contributed by atoms with Crippen molar-refractivity contribution in [1.82, 2.24) is 0 Å². The summed E-state index contributed by atoms with van der Waals surface area (Å²) in [4.78, 5) is 0. The summed E-state index contributed by atoms with van der Waals surface area (Å²) in [5, 5.41) is 2.07. The Morgan fingerprint density at radius 1 is 1.11 bits per heavy atom. The molecule has 0 fully saturated rings. The molecule has 1 aromatic rings. The molecular weight excluding hydrogens is 297 g/mol. The van der Waals surface area contributed by atoms with Gasteiger partial charge in [-0.25, -0.2) is 8.78 Å². The lowest BCUT2D eigenvalue weighted by Crippen LogP contribution is -2.23. The molecule has 0 aromatic heterocycles. The molecule has 0 aliphatic heterocycles. The van der Waals surface area contributed by atoms with Gasteiger partial charge in [0.05, 0.1) is 16.1 Å². The van der Waals surface area contributed by atoms with Crippen molar-refractivity contribution >= 4 is 28.9 Å². The van der Waals surface area contributed by atoms with Gasteiger partial charge in [0.1, 0.15) is 0 Å². The maximum Gasteiger partial charge on any atom is 0.387 e. The smallest absolute Gasteiger partial charge is 0.387 e. The van der Waals surface area contributed by atoms with Crippen molar-refractivity contribution in [2.45, 2.75) is 26.0 Å². The highest BCUT2D eigenvalue weighted by Crippen LogP contribution is 2.37. The average Bonchev–Trinajstić information content (AvgIpc) is 2.23. The molecule has 0 radical (unpaired) electrons. The van der Waals surface area contributed by atoms with Crippen LogP contribution >= 0.6 is 23.2 Å². The Kier molecular flexibility index (Phi) is 5.34. The van der Waals surface area contributed by atoms with E-state index in [0.29, 0.717) is 0 Å². The maximum absolute atomic E-state index is 12.3. The Balaban J connectivity index is 2.92. The molecule has 1 rings (SSSR count). The van der Waals surface area contributed by atoms with Crippen molar-refractivity contribution < 1.29 is 22.3 Å². The molecule has 0 amide bonds. The summed E-state index contributed by atoms with van der Waals surface area (Å²) in [6.45, 7) is -1.81. The maximum atomic E-state index is 12.3. The van der Waals surface area contributed by atoms with Crippen LogP contribution in [0.3, 0.4) is 0 Å². The van der Waals surface area contributed by atoms with Crippen LogP contribution in [0.5, 0.6) is 5.75 Å². The number of hydrogen-bond donors (Lipinski definition) is 1. The van der Waals surface area contributed by atoms with Crippen LogP contribution < -0.4 is 10.1 Å². The van der Waals surface area contributed by atoms with E-state index in [1.807, 2.05) is 0 Å². The summed E-state index contributed by atoms with van der Waals surface area (Å²) in [6.07, 6.45) is -2.58. The number of ether oxygens (including phenoxy) is 1. The standard InChI is InChI=1S/C10H9Cl2F4NO/c1-4(9(13)14)17-5-2-6(11)8(7(12)3-5)18-10(15)16/h2-4,9-10,17H,1H3. The van der Waals surface area contributed by atoms with Crippen molar-refractivity contribution in [3.8, 4) is 5.75 Å². The van der Waals surface area contributed by atoms with Gasteiger partial charge in [-0.3, -0.25) is 0 Å². The number of benzene rings is 1. The third kappa shape index (κ3) is 4.10. The molecule has 0 saturated heterocycles. The molecule has 0 heterocycles. The lowest BCUT2D eigenvalue weighted by molar-refractivity contribution is -0.0497. The highest BCUT2D eigenvalue weighted by Gasteiger charge is 2.17. The molecule has 1 unspecified atom stereocenters. The van der Waals surface area contributed by atoms with Crippen LogP contribution in [0.2, 0.25) is 10.0 Å². The first-order valence-corrected chi connectivity index (χ1v) is 5.55. The van der Waals surface area contributed by atoms with Gasteiger partial charge >= 0.3 is 6.61 Å². The van der Waals surface area contributed by atoms with Gasteiger partial charge in [0.25, 0.3) is 6.43 Å². The molecule has 0 spiro atoms. The Morgan fingerprint density at radius 3 is 2.00 bits per heavy atom. The second-order valence-corrected chi connectivity index (χ2v) is 4.23. The summed E-state index contributed by atoms with van der Waals surface area (Å²) in [6, 6.07) is 1.24. The summed E-state index contributed by atoms with van der Waals surface area (Å²) in [5.41, 5.74) is 0.194. The van der Waals surface area contributed by atoms with Gasteiger partial charge in [0.2, 0.25) is 0 Å².